The Morgan fingerprint density at radius 1 is 1.08 bits per heavy atom. The van der Waals surface area contributed by atoms with Crippen molar-refractivity contribution < 1.29 is 37.4 Å². The number of hydrogen-bond donors (Lipinski definition) is 1. The van der Waals surface area contributed by atoms with Crippen LogP contribution >= 0.6 is 0 Å². The molecule has 9 heteroatoms. The number of benzene rings is 3. The average molecular weight is 520 g/mol. The van der Waals surface area contributed by atoms with E-state index in [9.17, 15) is 28.3 Å². The Morgan fingerprint density at radius 3 is 2.58 bits per heavy atom. The second-order valence-corrected chi connectivity index (χ2v) is 9.10. The molecule has 1 N–H and O–H groups in total. The molecular weight excluding hydrogens is 496 g/mol. The van der Waals surface area contributed by atoms with E-state index in [2.05, 4.69) is 0 Å². The number of carbonyl (C=O) groups is 3. The molecule has 5 rings (SSSR count). The van der Waals surface area contributed by atoms with E-state index in [0.29, 0.717) is 41.7 Å². The first-order chi connectivity index (χ1) is 18.3. The van der Waals surface area contributed by atoms with E-state index in [1.54, 1.807) is 48.5 Å². The summed E-state index contributed by atoms with van der Waals surface area (Å²) in [4.78, 5) is 37.8. The Kier molecular flexibility index (Phi) is 6.91. The molecule has 1 fully saturated rings. The van der Waals surface area contributed by atoms with E-state index in [0.717, 1.165) is 11.0 Å². The van der Waals surface area contributed by atoms with E-state index in [-0.39, 0.29) is 28.9 Å². The highest BCUT2D eigenvalue weighted by Crippen LogP contribution is 2.33. The number of fused-ring (bicyclic) bond motifs is 1. The molecule has 1 aliphatic rings. The Balaban J connectivity index is 1.30. The Morgan fingerprint density at radius 2 is 1.87 bits per heavy atom. The number of halogens is 2. The topological polar surface area (TPSA) is 97.1 Å². The van der Waals surface area contributed by atoms with E-state index in [1.165, 1.54) is 12.3 Å². The lowest BCUT2D eigenvalue weighted by Gasteiger charge is -2.26. The third-order valence-electron chi connectivity index (χ3n) is 6.59. The standard InChI is InChI=1S/C29H23F2NO6/c30-23-14-22(28-21(27(23)31)11-12-37-28)18-7-9-20(10-8-18)38-16-17-3-1-4-19(13-17)29(36)32(15-26(34)35)24-5-2-6-25(24)33/h1,3-4,7-14,24H,2,5-6,15-16H2,(H,34,35). The van der Waals surface area contributed by atoms with Crippen LogP contribution in [0.4, 0.5) is 8.78 Å². The lowest BCUT2D eigenvalue weighted by atomic mass is 10.0. The molecule has 4 aromatic rings. The van der Waals surface area contributed by atoms with Crippen LogP contribution in [0.3, 0.4) is 0 Å². The largest absolute Gasteiger partial charge is 0.489 e. The van der Waals surface area contributed by atoms with Crippen molar-refractivity contribution in [3.63, 3.8) is 0 Å². The highest BCUT2D eigenvalue weighted by molar-refractivity contribution is 6.00. The van der Waals surface area contributed by atoms with Crippen LogP contribution in [0.5, 0.6) is 5.75 Å². The molecule has 0 bridgehead atoms. The Labute approximate surface area is 216 Å². The van der Waals surface area contributed by atoms with Crippen molar-refractivity contribution in [3.05, 3.63) is 89.7 Å². The average Bonchev–Trinajstić information content (AvgIpc) is 3.58. The van der Waals surface area contributed by atoms with Crippen molar-refractivity contribution in [3.8, 4) is 16.9 Å². The van der Waals surface area contributed by atoms with Gasteiger partial charge >= 0.3 is 5.97 Å². The van der Waals surface area contributed by atoms with Gasteiger partial charge < -0.3 is 19.2 Å². The van der Waals surface area contributed by atoms with Crippen LogP contribution in [0.15, 0.2) is 71.3 Å². The van der Waals surface area contributed by atoms with Gasteiger partial charge in [0.1, 0.15) is 24.5 Å². The summed E-state index contributed by atoms with van der Waals surface area (Å²) in [6, 6.07) is 15.1. The predicted molar refractivity (Wildman–Crippen MR) is 134 cm³/mol. The van der Waals surface area contributed by atoms with Crippen LogP contribution in [0.1, 0.15) is 35.2 Å². The zero-order valence-electron chi connectivity index (χ0n) is 20.2. The van der Waals surface area contributed by atoms with Gasteiger partial charge in [0.25, 0.3) is 5.91 Å². The number of carboxylic acid groups (broad SMARTS) is 1. The summed E-state index contributed by atoms with van der Waals surface area (Å²) in [5.74, 6) is -3.25. The summed E-state index contributed by atoms with van der Waals surface area (Å²) in [6.45, 7) is -0.431. The van der Waals surface area contributed by atoms with E-state index >= 15 is 0 Å². The first kappa shape index (κ1) is 25.1. The van der Waals surface area contributed by atoms with Gasteiger partial charge in [-0.2, -0.15) is 0 Å². The summed E-state index contributed by atoms with van der Waals surface area (Å²) in [5.41, 5.74) is 2.21. The molecule has 1 aliphatic carbocycles. The number of hydrogen-bond acceptors (Lipinski definition) is 5. The monoisotopic (exact) mass is 519 g/mol. The number of aliphatic carboxylic acids is 1. The number of amides is 1. The fraction of sp³-hybridized carbons (Fsp3) is 0.207. The quantitative estimate of drug-likeness (QED) is 0.325. The summed E-state index contributed by atoms with van der Waals surface area (Å²) in [5, 5.41) is 9.35. The fourth-order valence-corrected chi connectivity index (χ4v) is 4.74. The predicted octanol–water partition coefficient (Wildman–Crippen LogP) is 5.61. The third kappa shape index (κ3) is 5.00. The molecule has 1 saturated carbocycles. The highest BCUT2D eigenvalue weighted by Gasteiger charge is 2.34. The Bertz CT molecular complexity index is 1530. The van der Waals surface area contributed by atoms with Crippen molar-refractivity contribution in [2.75, 3.05) is 6.54 Å². The van der Waals surface area contributed by atoms with Gasteiger partial charge in [-0.3, -0.25) is 14.4 Å². The van der Waals surface area contributed by atoms with Gasteiger partial charge in [-0.05, 0) is 60.4 Å². The molecule has 194 valence electrons. The van der Waals surface area contributed by atoms with E-state index in [1.807, 2.05) is 0 Å². The minimum absolute atomic E-state index is 0.0639. The van der Waals surface area contributed by atoms with Crippen LogP contribution in [0, 0.1) is 11.6 Å². The SMILES string of the molecule is O=C(O)CN(C(=O)c1cccc(COc2ccc(-c3cc(F)c(F)c4ccoc34)cc2)c1)C1CCCC1=O. The number of furan rings is 1. The lowest BCUT2D eigenvalue weighted by molar-refractivity contribution is -0.138. The lowest BCUT2D eigenvalue weighted by Crippen LogP contribution is -2.45. The van der Waals surface area contributed by atoms with Crippen molar-refractivity contribution in [1.82, 2.24) is 4.90 Å². The molecule has 0 aliphatic heterocycles. The molecule has 3 aromatic carbocycles. The van der Waals surface area contributed by atoms with Crippen LogP contribution in [0.2, 0.25) is 0 Å². The van der Waals surface area contributed by atoms with Gasteiger partial charge in [0.2, 0.25) is 0 Å². The molecule has 38 heavy (non-hydrogen) atoms. The van der Waals surface area contributed by atoms with Gasteiger partial charge in [-0.15, -0.1) is 0 Å². The maximum Gasteiger partial charge on any atom is 0.323 e. The van der Waals surface area contributed by atoms with E-state index < -0.39 is 36.1 Å². The van der Waals surface area contributed by atoms with Gasteiger partial charge in [-0.25, -0.2) is 8.78 Å². The normalized spacial score (nSPS) is 15.1. The fourth-order valence-electron chi connectivity index (χ4n) is 4.74. The van der Waals surface area contributed by atoms with Gasteiger partial charge in [0, 0.05) is 17.5 Å². The second-order valence-electron chi connectivity index (χ2n) is 9.10. The van der Waals surface area contributed by atoms with Crippen molar-refractivity contribution in [2.24, 2.45) is 0 Å². The van der Waals surface area contributed by atoms with Gasteiger partial charge in [0.05, 0.1) is 17.7 Å². The molecular formula is C29H23F2NO6. The number of nitrogens with zero attached hydrogens (tertiary/aromatic N) is 1. The first-order valence-electron chi connectivity index (χ1n) is 12.0. The minimum atomic E-state index is -1.18. The molecule has 0 saturated heterocycles. The maximum atomic E-state index is 14.1. The second kappa shape index (κ2) is 10.5. The van der Waals surface area contributed by atoms with Crippen LogP contribution in [-0.2, 0) is 16.2 Å². The van der Waals surface area contributed by atoms with Crippen LogP contribution in [0.25, 0.3) is 22.1 Å². The molecule has 7 nitrogen and oxygen atoms in total. The molecule has 1 aromatic heterocycles. The number of rotatable bonds is 8. The van der Waals surface area contributed by atoms with Gasteiger partial charge in [0.15, 0.2) is 17.4 Å². The van der Waals surface area contributed by atoms with Crippen LogP contribution < -0.4 is 4.74 Å². The molecule has 1 amide bonds. The molecule has 1 heterocycles. The minimum Gasteiger partial charge on any atom is -0.489 e. The van der Waals surface area contributed by atoms with Crippen LogP contribution in [-0.4, -0.2) is 40.3 Å². The third-order valence-corrected chi connectivity index (χ3v) is 6.59. The van der Waals surface area contributed by atoms with E-state index in [4.69, 9.17) is 9.15 Å². The maximum absolute atomic E-state index is 14.1. The zero-order valence-corrected chi connectivity index (χ0v) is 20.2. The summed E-state index contributed by atoms with van der Waals surface area (Å²) in [6.07, 6.45) is 2.72. The summed E-state index contributed by atoms with van der Waals surface area (Å²) >= 11 is 0. The molecule has 1 atom stereocenters. The number of ketones is 1. The smallest absolute Gasteiger partial charge is 0.323 e. The van der Waals surface area contributed by atoms with Crippen molar-refractivity contribution in [1.29, 1.82) is 0 Å². The number of Topliss-reactive ketones (excluding diaryl/α,β-unsaturated/α-hetero) is 1. The highest BCUT2D eigenvalue weighted by atomic mass is 19.2. The Hall–Kier alpha value is -4.53. The number of carbonyl (C=O) groups excluding carboxylic acids is 2. The summed E-state index contributed by atoms with van der Waals surface area (Å²) in [7, 11) is 0. The van der Waals surface area contributed by atoms with Crippen molar-refractivity contribution in [2.45, 2.75) is 31.9 Å². The number of ether oxygens (including phenoxy) is 1. The first-order valence-corrected chi connectivity index (χ1v) is 12.0. The number of carboxylic acids is 1. The zero-order chi connectivity index (χ0) is 26.8. The van der Waals surface area contributed by atoms with Crippen molar-refractivity contribution >= 4 is 28.6 Å². The molecule has 0 radical (unpaired) electrons. The van der Waals surface area contributed by atoms with Gasteiger partial charge in [-0.1, -0.05) is 24.3 Å². The molecule has 1 unspecified atom stereocenters. The molecule has 0 spiro atoms. The summed E-state index contributed by atoms with van der Waals surface area (Å²) < 4.78 is 39.3.